The molecule has 2 N–H and O–H groups in total. The van der Waals surface area contributed by atoms with Gasteiger partial charge >= 0.3 is 0 Å². The lowest BCUT2D eigenvalue weighted by atomic mass is 10.1. The first-order valence-electron chi connectivity index (χ1n) is 6.28. The van der Waals surface area contributed by atoms with Crippen LogP contribution in [0.2, 0.25) is 0 Å². The van der Waals surface area contributed by atoms with Gasteiger partial charge in [-0.2, -0.15) is 5.26 Å². The second-order valence-electron chi connectivity index (χ2n) is 4.48. The van der Waals surface area contributed by atoms with Gasteiger partial charge in [0, 0.05) is 18.3 Å². The third kappa shape index (κ3) is 2.95. The van der Waals surface area contributed by atoms with E-state index >= 15 is 0 Å². The highest BCUT2D eigenvalue weighted by molar-refractivity contribution is 6.06. The molecule has 5 nitrogen and oxygen atoms in total. The quantitative estimate of drug-likeness (QED) is 0.876. The summed E-state index contributed by atoms with van der Waals surface area (Å²) in [5, 5.41) is 8.78. The number of carbonyl (C=O) groups is 1. The summed E-state index contributed by atoms with van der Waals surface area (Å²) in [6.07, 6.45) is 0. The van der Waals surface area contributed by atoms with Crippen molar-refractivity contribution in [1.29, 1.82) is 5.26 Å². The highest BCUT2D eigenvalue weighted by Crippen LogP contribution is 2.24. The third-order valence-corrected chi connectivity index (χ3v) is 3.17. The van der Waals surface area contributed by atoms with Crippen LogP contribution in [0.4, 0.5) is 11.4 Å². The Hall–Kier alpha value is -3.00. The number of rotatable bonds is 3. The second kappa shape index (κ2) is 5.97. The van der Waals surface area contributed by atoms with Gasteiger partial charge in [0.15, 0.2) is 0 Å². The van der Waals surface area contributed by atoms with Crippen molar-refractivity contribution in [3.63, 3.8) is 0 Å². The number of ether oxygens (including phenoxy) is 1. The molecule has 2 rings (SSSR count). The van der Waals surface area contributed by atoms with E-state index in [1.807, 2.05) is 6.07 Å². The number of benzene rings is 2. The molecule has 0 spiro atoms. The van der Waals surface area contributed by atoms with E-state index in [0.717, 1.165) is 0 Å². The van der Waals surface area contributed by atoms with E-state index in [0.29, 0.717) is 28.3 Å². The van der Waals surface area contributed by atoms with Gasteiger partial charge < -0.3 is 15.4 Å². The van der Waals surface area contributed by atoms with Crippen LogP contribution in [-0.2, 0) is 0 Å². The zero-order chi connectivity index (χ0) is 15.4. The van der Waals surface area contributed by atoms with Crippen molar-refractivity contribution in [3.05, 3.63) is 53.6 Å². The number of nitrogen functional groups attached to an aromatic ring is 1. The van der Waals surface area contributed by atoms with Gasteiger partial charge in [-0.15, -0.1) is 0 Å². The van der Waals surface area contributed by atoms with Gasteiger partial charge in [-0.3, -0.25) is 4.79 Å². The maximum absolute atomic E-state index is 12.4. The summed E-state index contributed by atoms with van der Waals surface area (Å²) < 4.78 is 5.12. The summed E-state index contributed by atoms with van der Waals surface area (Å²) in [4.78, 5) is 13.9. The Bertz CT molecular complexity index is 702. The minimum absolute atomic E-state index is 0.182. The van der Waals surface area contributed by atoms with Crippen LogP contribution in [0.15, 0.2) is 42.5 Å². The van der Waals surface area contributed by atoms with E-state index in [-0.39, 0.29) is 5.91 Å². The monoisotopic (exact) mass is 281 g/mol. The highest BCUT2D eigenvalue weighted by Gasteiger charge is 2.15. The Kier molecular flexibility index (Phi) is 4.10. The number of hydrogen-bond donors (Lipinski definition) is 1. The number of anilines is 2. The molecule has 5 heteroatoms. The number of carbonyl (C=O) groups excluding carboxylic acids is 1. The standard InChI is InChI=1S/C16H15N3O2/c1-19(13-6-3-11(10-17)4-7-13)16(20)12-5-8-14(18)15(9-12)21-2/h3-9H,18H2,1-2H3. The van der Waals surface area contributed by atoms with Gasteiger partial charge in [0.25, 0.3) is 5.91 Å². The van der Waals surface area contributed by atoms with Crippen LogP contribution in [0.25, 0.3) is 0 Å². The summed E-state index contributed by atoms with van der Waals surface area (Å²) in [5.74, 6) is 0.284. The average molecular weight is 281 g/mol. The van der Waals surface area contributed by atoms with E-state index in [9.17, 15) is 4.79 Å². The predicted octanol–water partition coefficient (Wildman–Crippen LogP) is 2.43. The summed E-state index contributed by atoms with van der Waals surface area (Å²) >= 11 is 0. The fraction of sp³-hybridized carbons (Fsp3) is 0.125. The van der Waals surface area contributed by atoms with Crippen LogP contribution in [0.3, 0.4) is 0 Å². The van der Waals surface area contributed by atoms with Gasteiger partial charge in [-0.1, -0.05) is 0 Å². The lowest BCUT2D eigenvalue weighted by Crippen LogP contribution is -2.26. The van der Waals surface area contributed by atoms with Crippen molar-refractivity contribution < 1.29 is 9.53 Å². The normalized spacial score (nSPS) is 9.76. The van der Waals surface area contributed by atoms with Crippen molar-refractivity contribution in [2.75, 3.05) is 24.8 Å². The maximum Gasteiger partial charge on any atom is 0.258 e. The number of hydrogen-bond acceptors (Lipinski definition) is 4. The molecule has 1 amide bonds. The molecule has 106 valence electrons. The van der Waals surface area contributed by atoms with Crippen LogP contribution < -0.4 is 15.4 Å². The molecule has 0 bridgehead atoms. The van der Waals surface area contributed by atoms with E-state index in [1.165, 1.54) is 12.0 Å². The fourth-order valence-corrected chi connectivity index (χ4v) is 1.91. The smallest absolute Gasteiger partial charge is 0.258 e. The minimum atomic E-state index is -0.182. The van der Waals surface area contributed by atoms with Crippen LogP contribution >= 0.6 is 0 Å². The lowest BCUT2D eigenvalue weighted by Gasteiger charge is -2.18. The molecular formula is C16H15N3O2. The Morgan fingerprint density at radius 3 is 2.48 bits per heavy atom. The van der Waals surface area contributed by atoms with Gasteiger partial charge in [-0.25, -0.2) is 0 Å². The second-order valence-corrected chi connectivity index (χ2v) is 4.48. The molecule has 0 fully saturated rings. The molecule has 21 heavy (non-hydrogen) atoms. The molecule has 0 aliphatic carbocycles. The van der Waals surface area contributed by atoms with E-state index in [1.54, 1.807) is 49.5 Å². The first-order chi connectivity index (χ1) is 10.1. The van der Waals surface area contributed by atoms with Crippen molar-refractivity contribution >= 4 is 17.3 Å². The molecule has 2 aromatic carbocycles. The van der Waals surface area contributed by atoms with Gasteiger partial charge in [0.2, 0.25) is 0 Å². The molecule has 0 saturated heterocycles. The maximum atomic E-state index is 12.4. The van der Waals surface area contributed by atoms with Crippen LogP contribution in [0.1, 0.15) is 15.9 Å². The number of methoxy groups -OCH3 is 1. The summed E-state index contributed by atoms with van der Waals surface area (Å²) in [7, 11) is 3.18. The Morgan fingerprint density at radius 2 is 1.90 bits per heavy atom. The molecule has 0 atom stereocenters. The molecule has 0 unspecified atom stereocenters. The van der Waals surface area contributed by atoms with Crippen molar-refractivity contribution in [1.82, 2.24) is 0 Å². The largest absolute Gasteiger partial charge is 0.495 e. The minimum Gasteiger partial charge on any atom is -0.495 e. The average Bonchev–Trinajstić information content (AvgIpc) is 2.54. The topological polar surface area (TPSA) is 79.3 Å². The summed E-state index contributed by atoms with van der Waals surface area (Å²) in [5.41, 5.74) is 7.95. The SMILES string of the molecule is COc1cc(C(=O)N(C)c2ccc(C#N)cc2)ccc1N. The number of nitrogens with two attached hydrogens (primary N) is 1. The zero-order valence-corrected chi connectivity index (χ0v) is 11.8. The van der Waals surface area contributed by atoms with Crippen molar-refractivity contribution in [2.45, 2.75) is 0 Å². The van der Waals surface area contributed by atoms with Gasteiger partial charge in [0.05, 0.1) is 24.4 Å². The number of nitrogens with zero attached hydrogens (tertiary/aromatic N) is 2. The first-order valence-corrected chi connectivity index (χ1v) is 6.28. The van der Waals surface area contributed by atoms with Gasteiger partial charge in [0.1, 0.15) is 5.75 Å². The predicted molar refractivity (Wildman–Crippen MR) is 81.3 cm³/mol. The van der Waals surface area contributed by atoms with E-state index in [2.05, 4.69) is 0 Å². The van der Waals surface area contributed by atoms with Gasteiger partial charge in [-0.05, 0) is 42.5 Å². The molecule has 0 aliphatic rings. The molecule has 0 heterocycles. The number of nitriles is 1. The highest BCUT2D eigenvalue weighted by atomic mass is 16.5. The molecular weight excluding hydrogens is 266 g/mol. The Labute approximate surface area is 123 Å². The molecule has 0 saturated carbocycles. The van der Waals surface area contributed by atoms with E-state index in [4.69, 9.17) is 15.7 Å². The van der Waals surface area contributed by atoms with Crippen molar-refractivity contribution in [2.24, 2.45) is 0 Å². The fourth-order valence-electron chi connectivity index (χ4n) is 1.91. The first kappa shape index (κ1) is 14.4. The Balaban J connectivity index is 2.28. The van der Waals surface area contributed by atoms with E-state index < -0.39 is 0 Å². The molecule has 0 aromatic heterocycles. The van der Waals surface area contributed by atoms with Crippen LogP contribution in [-0.4, -0.2) is 20.1 Å². The molecule has 2 aromatic rings. The van der Waals surface area contributed by atoms with Crippen LogP contribution in [0.5, 0.6) is 5.75 Å². The molecule has 0 radical (unpaired) electrons. The number of amides is 1. The molecule has 0 aliphatic heterocycles. The summed E-state index contributed by atoms with van der Waals surface area (Å²) in [6, 6.07) is 13.7. The lowest BCUT2D eigenvalue weighted by molar-refractivity contribution is 0.0992. The summed E-state index contributed by atoms with van der Waals surface area (Å²) in [6.45, 7) is 0. The van der Waals surface area contributed by atoms with Crippen molar-refractivity contribution in [3.8, 4) is 11.8 Å². The zero-order valence-electron chi connectivity index (χ0n) is 11.8. The van der Waals surface area contributed by atoms with Crippen LogP contribution in [0, 0.1) is 11.3 Å². The third-order valence-electron chi connectivity index (χ3n) is 3.17. The Morgan fingerprint density at radius 1 is 1.24 bits per heavy atom.